The van der Waals surface area contributed by atoms with E-state index in [4.69, 9.17) is 4.74 Å². The van der Waals surface area contributed by atoms with Crippen LogP contribution < -0.4 is 20.3 Å². The molecule has 2 heterocycles. The molecule has 2 aliphatic rings. The van der Waals surface area contributed by atoms with Crippen LogP contribution in [0.15, 0.2) is 84.9 Å². The van der Waals surface area contributed by atoms with Gasteiger partial charge in [0, 0.05) is 43.2 Å². The molecule has 5 rings (SSSR count). The van der Waals surface area contributed by atoms with E-state index in [0.29, 0.717) is 35.8 Å². The minimum atomic E-state index is -1.90. The molecule has 248 valence electrons. The van der Waals surface area contributed by atoms with Gasteiger partial charge in [0.25, 0.3) is 5.91 Å². The van der Waals surface area contributed by atoms with Crippen molar-refractivity contribution in [3.63, 3.8) is 0 Å². The van der Waals surface area contributed by atoms with Crippen LogP contribution in [0.5, 0.6) is 5.75 Å². The lowest BCUT2D eigenvalue weighted by molar-refractivity contribution is -0.139. The number of hydrogen-bond donors (Lipinski definition) is 4. The molecule has 1 unspecified atom stereocenters. The van der Waals surface area contributed by atoms with E-state index in [1.165, 1.54) is 7.11 Å². The molecule has 1 fully saturated rings. The Hall–Kier alpha value is -4.51. The van der Waals surface area contributed by atoms with Gasteiger partial charge in [-0.1, -0.05) is 61.5 Å². The number of methoxy groups -OCH3 is 1. The third kappa shape index (κ3) is 7.73. The summed E-state index contributed by atoms with van der Waals surface area (Å²) >= 11 is 0. The fourth-order valence-corrected chi connectivity index (χ4v) is 6.32. The maximum Gasteiger partial charge on any atom is 0.264 e. The van der Waals surface area contributed by atoms with E-state index in [1.807, 2.05) is 54.6 Å². The second-order valence-corrected chi connectivity index (χ2v) is 12.2. The zero-order chi connectivity index (χ0) is 33.4. The highest BCUT2D eigenvalue weighted by molar-refractivity contribution is 6.07. The molecule has 0 radical (unpaired) electrons. The predicted octanol–water partition coefficient (Wildman–Crippen LogP) is 3.97. The standard InChI is InChI=1S/C37H44N4O6/c1-26(9-6-15-34(43)40(19-20-42)24-27-10-4-3-5-11-27)37(46)32-22-31(47-2)16-17-33(32)41(36(37)45)25-28-12-7-14-30(21-28)39-35(44)29-13-8-18-38-23-29/h3-7,9-12,14,16-17,21-22,26,29,38,42,46H,8,13,15,18-20,23-25H2,1-2H3,(H,39,44)/b9-6+/t26-,29?,37+/m1/s1. The molecule has 3 atom stereocenters. The summed E-state index contributed by atoms with van der Waals surface area (Å²) < 4.78 is 5.44. The first-order valence-corrected chi connectivity index (χ1v) is 16.2. The van der Waals surface area contributed by atoms with Crippen molar-refractivity contribution < 1.29 is 29.3 Å². The first-order valence-electron chi connectivity index (χ1n) is 16.2. The van der Waals surface area contributed by atoms with Crippen LogP contribution in [0, 0.1) is 11.8 Å². The van der Waals surface area contributed by atoms with Gasteiger partial charge in [-0.25, -0.2) is 0 Å². The molecule has 3 amide bonds. The van der Waals surface area contributed by atoms with Crippen LogP contribution in [-0.4, -0.2) is 66.2 Å². The number of aliphatic hydroxyl groups is 2. The normalized spacial score (nSPS) is 19.8. The second kappa shape index (κ2) is 15.4. The molecule has 0 aromatic heterocycles. The van der Waals surface area contributed by atoms with Crippen molar-refractivity contribution in [2.75, 3.05) is 43.6 Å². The van der Waals surface area contributed by atoms with E-state index in [9.17, 15) is 24.6 Å². The lowest BCUT2D eigenvalue weighted by Crippen LogP contribution is -2.44. The summed E-state index contributed by atoms with van der Waals surface area (Å²) in [6, 6.07) is 22.2. The number of fused-ring (bicyclic) bond motifs is 1. The van der Waals surface area contributed by atoms with Gasteiger partial charge in [0.15, 0.2) is 5.60 Å². The van der Waals surface area contributed by atoms with Gasteiger partial charge in [-0.05, 0) is 60.8 Å². The van der Waals surface area contributed by atoms with Gasteiger partial charge in [-0.15, -0.1) is 0 Å². The quantitative estimate of drug-likeness (QED) is 0.208. The Kier molecular flexibility index (Phi) is 11.1. The van der Waals surface area contributed by atoms with E-state index >= 15 is 0 Å². The summed E-state index contributed by atoms with van der Waals surface area (Å²) in [4.78, 5) is 43.2. The molecule has 3 aromatic rings. The lowest BCUT2D eigenvalue weighted by atomic mass is 9.83. The largest absolute Gasteiger partial charge is 0.497 e. The smallest absolute Gasteiger partial charge is 0.264 e. The molecular weight excluding hydrogens is 596 g/mol. The molecule has 1 saturated heterocycles. The number of piperidine rings is 1. The Bertz CT molecular complexity index is 1590. The minimum Gasteiger partial charge on any atom is -0.497 e. The summed E-state index contributed by atoms with van der Waals surface area (Å²) in [5.41, 5.74) is 1.48. The van der Waals surface area contributed by atoms with Crippen LogP contribution >= 0.6 is 0 Å². The molecule has 2 aliphatic heterocycles. The van der Waals surface area contributed by atoms with Crippen molar-refractivity contribution >= 4 is 29.1 Å². The summed E-state index contributed by atoms with van der Waals surface area (Å²) in [5, 5.41) is 28.0. The van der Waals surface area contributed by atoms with Crippen LogP contribution in [0.4, 0.5) is 11.4 Å². The number of hydrogen-bond acceptors (Lipinski definition) is 7. The highest BCUT2D eigenvalue weighted by Gasteiger charge is 2.52. The monoisotopic (exact) mass is 640 g/mol. The zero-order valence-electron chi connectivity index (χ0n) is 27.0. The van der Waals surface area contributed by atoms with E-state index in [0.717, 1.165) is 30.5 Å². The molecule has 0 spiro atoms. The molecule has 47 heavy (non-hydrogen) atoms. The number of amides is 3. The maximum atomic E-state index is 14.1. The van der Waals surface area contributed by atoms with E-state index < -0.39 is 17.4 Å². The number of nitrogens with zero attached hydrogens (tertiary/aromatic N) is 2. The van der Waals surface area contributed by atoms with Crippen LogP contribution in [-0.2, 0) is 33.1 Å². The predicted molar refractivity (Wildman–Crippen MR) is 181 cm³/mol. The van der Waals surface area contributed by atoms with Gasteiger partial charge in [0.1, 0.15) is 5.75 Å². The number of aliphatic hydroxyl groups excluding tert-OH is 1. The molecule has 10 nitrogen and oxygen atoms in total. The fourth-order valence-electron chi connectivity index (χ4n) is 6.32. The average Bonchev–Trinajstić information content (AvgIpc) is 3.30. The number of nitrogens with one attached hydrogen (secondary N) is 2. The Labute approximate surface area is 276 Å². The van der Waals surface area contributed by atoms with Gasteiger partial charge < -0.3 is 35.4 Å². The third-order valence-corrected chi connectivity index (χ3v) is 8.99. The molecular formula is C37H44N4O6. The number of benzene rings is 3. The number of rotatable bonds is 13. The molecule has 0 aliphatic carbocycles. The highest BCUT2D eigenvalue weighted by atomic mass is 16.5. The van der Waals surface area contributed by atoms with Gasteiger partial charge in [0.05, 0.1) is 31.9 Å². The highest BCUT2D eigenvalue weighted by Crippen LogP contribution is 2.47. The first-order chi connectivity index (χ1) is 22.7. The van der Waals surface area contributed by atoms with Crippen molar-refractivity contribution in [3.8, 4) is 5.75 Å². The van der Waals surface area contributed by atoms with Gasteiger partial charge in [0.2, 0.25) is 11.8 Å². The van der Waals surface area contributed by atoms with Crippen molar-refractivity contribution in [3.05, 3.63) is 102 Å². The fraction of sp³-hybridized carbons (Fsp3) is 0.378. The van der Waals surface area contributed by atoms with Gasteiger partial charge in [-0.3, -0.25) is 14.4 Å². The van der Waals surface area contributed by atoms with Crippen LogP contribution in [0.25, 0.3) is 0 Å². The summed E-state index contributed by atoms with van der Waals surface area (Å²) in [7, 11) is 1.53. The van der Waals surface area contributed by atoms with Crippen LogP contribution in [0.3, 0.4) is 0 Å². The van der Waals surface area contributed by atoms with E-state index in [1.54, 1.807) is 47.1 Å². The van der Waals surface area contributed by atoms with Gasteiger partial charge in [-0.2, -0.15) is 0 Å². The molecule has 0 saturated carbocycles. The number of carbonyl (C=O) groups is 3. The van der Waals surface area contributed by atoms with Crippen molar-refractivity contribution in [2.24, 2.45) is 11.8 Å². The Morgan fingerprint density at radius 2 is 1.91 bits per heavy atom. The van der Waals surface area contributed by atoms with Crippen molar-refractivity contribution in [1.29, 1.82) is 0 Å². The average molecular weight is 641 g/mol. The summed E-state index contributed by atoms with van der Waals surface area (Å²) in [5.74, 6) is -0.961. The number of carbonyl (C=O) groups excluding carboxylic acids is 3. The summed E-state index contributed by atoms with van der Waals surface area (Å²) in [6.45, 7) is 3.92. The van der Waals surface area contributed by atoms with E-state index in [2.05, 4.69) is 10.6 Å². The lowest BCUT2D eigenvalue weighted by Gasteiger charge is -2.28. The first kappa shape index (κ1) is 33.8. The molecule has 4 N–H and O–H groups in total. The Balaban J connectivity index is 1.32. The number of ether oxygens (including phenoxy) is 1. The maximum absolute atomic E-state index is 14.1. The summed E-state index contributed by atoms with van der Waals surface area (Å²) in [6.07, 6.45) is 5.21. The minimum absolute atomic E-state index is 0.0305. The second-order valence-electron chi connectivity index (χ2n) is 12.2. The number of anilines is 2. The zero-order valence-corrected chi connectivity index (χ0v) is 27.0. The third-order valence-electron chi connectivity index (χ3n) is 8.99. The van der Waals surface area contributed by atoms with Crippen LogP contribution in [0.1, 0.15) is 42.9 Å². The molecule has 0 bridgehead atoms. The van der Waals surface area contributed by atoms with Crippen molar-refractivity contribution in [2.45, 2.75) is 44.9 Å². The van der Waals surface area contributed by atoms with E-state index in [-0.39, 0.29) is 43.8 Å². The Morgan fingerprint density at radius 3 is 2.64 bits per heavy atom. The topological polar surface area (TPSA) is 131 Å². The SMILES string of the molecule is COc1ccc2c(c1)[C@@](O)([C@H](C)/C=C/CC(=O)N(CCO)Cc1ccccc1)C(=O)N2Cc1cccc(NC(=O)C2CCCNC2)c1. The molecule has 3 aromatic carbocycles. The van der Waals surface area contributed by atoms with Gasteiger partial charge >= 0.3 is 0 Å². The van der Waals surface area contributed by atoms with Crippen LogP contribution in [0.2, 0.25) is 0 Å². The molecule has 10 heteroatoms. The van der Waals surface area contributed by atoms with Crippen molar-refractivity contribution in [1.82, 2.24) is 10.2 Å². The Morgan fingerprint density at radius 1 is 1.13 bits per heavy atom.